The summed E-state index contributed by atoms with van der Waals surface area (Å²) in [4.78, 5) is 17.6. The van der Waals surface area contributed by atoms with E-state index in [2.05, 4.69) is 39.9 Å². The average molecular weight is 360 g/mol. The maximum atomic E-state index is 10.5. The molecule has 0 aromatic heterocycles. The molecule has 0 aliphatic carbocycles. The van der Waals surface area contributed by atoms with E-state index in [0.717, 1.165) is 30.8 Å². The molecule has 0 atom stereocenters. The zero-order chi connectivity index (χ0) is 18.6. The fraction of sp³-hybridized carbons (Fsp3) is 0.667. The van der Waals surface area contributed by atoms with Crippen LogP contribution < -0.4 is 14.5 Å². The summed E-state index contributed by atoms with van der Waals surface area (Å²) in [6.07, 6.45) is 6.63. The number of hydrogen-bond donors (Lipinski definition) is 0. The van der Waals surface area contributed by atoms with Gasteiger partial charge in [0.2, 0.25) is 0 Å². The Morgan fingerprint density at radius 1 is 1.12 bits per heavy atom. The van der Waals surface area contributed by atoms with Crippen molar-refractivity contribution < 1.29 is 9.53 Å². The van der Waals surface area contributed by atoms with Gasteiger partial charge in [0.05, 0.1) is 12.3 Å². The summed E-state index contributed by atoms with van der Waals surface area (Å²) < 4.78 is 5.79. The zero-order valence-electron chi connectivity index (χ0n) is 16.5. The first-order valence-corrected chi connectivity index (χ1v) is 9.84. The number of piperidine rings is 2. The van der Waals surface area contributed by atoms with Gasteiger partial charge in [0.1, 0.15) is 12.0 Å². The van der Waals surface area contributed by atoms with Crippen LogP contribution in [0.15, 0.2) is 18.2 Å². The molecule has 2 aliphatic heterocycles. The van der Waals surface area contributed by atoms with Crippen LogP contribution in [0.5, 0.6) is 5.75 Å². The Kier molecular flexibility index (Phi) is 6.07. The van der Waals surface area contributed by atoms with Crippen molar-refractivity contribution in [2.24, 2.45) is 5.41 Å². The number of carbonyl (C=O) groups excluding carboxylic acids is 1. The highest BCUT2D eigenvalue weighted by Crippen LogP contribution is 2.42. The van der Waals surface area contributed by atoms with Crippen LogP contribution in [0.2, 0.25) is 0 Å². The molecular formula is C21H33N3O2. The Morgan fingerprint density at radius 2 is 1.77 bits per heavy atom. The molecule has 1 aromatic rings. The largest absolute Gasteiger partial charge is 0.491 e. The molecule has 2 heterocycles. The lowest BCUT2D eigenvalue weighted by Crippen LogP contribution is -2.46. The van der Waals surface area contributed by atoms with Crippen molar-refractivity contribution in [1.82, 2.24) is 4.90 Å². The molecule has 2 saturated heterocycles. The van der Waals surface area contributed by atoms with Crippen LogP contribution in [0.3, 0.4) is 0 Å². The maximum Gasteiger partial charge on any atom is 0.142 e. The first-order valence-electron chi connectivity index (χ1n) is 9.84. The van der Waals surface area contributed by atoms with Crippen molar-refractivity contribution in [1.29, 1.82) is 0 Å². The SMILES string of the molecule is CN1CCC2(CC1)CCN(c1ccc(OCCC=O)c(N(C)C)c1)CC2. The molecule has 2 aliphatic rings. The van der Waals surface area contributed by atoms with Crippen LogP contribution in [0.1, 0.15) is 32.1 Å². The van der Waals surface area contributed by atoms with Gasteiger partial charge in [-0.1, -0.05) is 0 Å². The molecular weight excluding hydrogens is 326 g/mol. The van der Waals surface area contributed by atoms with Crippen LogP contribution in [0, 0.1) is 5.41 Å². The molecule has 0 unspecified atom stereocenters. The Hall–Kier alpha value is -1.75. The highest BCUT2D eigenvalue weighted by molar-refractivity contribution is 5.66. The van der Waals surface area contributed by atoms with Crippen molar-refractivity contribution >= 4 is 17.7 Å². The summed E-state index contributed by atoms with van der Waals surface area (Å²) in [5, 5.41) is 0. The fourth-order valence-corrected chi connectivity index (χ4v) is 4.22. The van der Waals surface area contributed by atoms with Crippen molar-refractivity contribution in [2.75, 3.05) is 63.7 Å². The molecule has 0 saturated carbocycles. The van der Waals surface area contributed by atoms with E-state index in [1.807, 2.05) is 14.1 Å². The second-order valence-electron chi connectivity index (χ2n) is 8.14. The lowest BCUT2D eigenvalue weighted by Gasteiger charge is -2.47. The zero-order valence-corrected chi connectivity index (χ0v) is 16.5. The molecule has 0 radical (unpaired) electrons. The standard InChI is InChI=1S/C21H33N3O2/c1-22(2)19-17-18(5-6-20(19)26-16-4-15-25)24-13-9-21(10-14-24)7-11-23(3)12-8-21/h5-6,15,17H,4,7-14,16H2,1-3H3. The second-order valence-corrected chi connectivity index (χ2v) is 8.14. The van der Waals surface area contributed by atoms with Gasteiger partial charge in [-0.15, -0.1) is 0 Å². The molecule has 5 heteroatoms. The number of anilines is 2. The van der Waals surface area contributed by atoms with E-state index in [-0.39, 0.29) is 0 Å². The smallest absolute Gasteiger partial charge is 0.142 e. The third kappa shape index (κ3) is 4.32. The molecule has 0 bridgehead atoms. The van der Waals surface area contributed by atoms with E-state index in [4.69, 9.17) is 4.74 Å². The fourth-order valence-electron chi connectivity index (χ4n) is 4.22. The topological polar surface area (TPSA) is 36.0 Å². The number of likely N-dealkylation sites (tertiary alicyclic amines) is 1. The minimum Gasteiger partial charge on any atom is -0.491 e. The number of rotatable bonds is 6. The third-order valence-electron chi connectivity index (χ3n) is 6.15. The van der Waals surface area contributed by atoms with Crippen molar-refractivity contribution in [3.8, 4) is 5.75 Å². The van der Waals surface area contributed by atoms with E-state index in [0.29, 0.717) is 18.4 Å². The van der Waals surface area contributed by atoms with E-state index >= 15 is 0 Å². The molecule has 1 aromatic carbocycles. The quantitative estimate of drug-likeness (QED) is 0.576. The van der Waals surface area contributed by atoms with Crippen LogP contribution >= 0.6 is 0 Å². The Morgan fingerprint density at radius 3 is 2.38 bits per heavy atom. The van der Waals surface area contributed by atoms with Crippen LogP contribution in [-0.4, -0.2) is 65.1 Å². The first kappa shape index (κ1) is 19.0. The summed E-state index contributed by atoms with van der Waals surface area (Å²) in [6, 6.07) is 6.44. The summed E-state index contributed by atoms with van der Waals surface area (Å²) in [5.41, 5.74) is 2.93. The maximum absolute atomic E-state index is 10.5. The van der Waals surface area contributed by atoms with Crippen LogP contribution in [0.25, 0.3) is 0 Å². The molecule has 0 N–H and O–H groups in total. The van der Waals surface area contributed by atoms with Gasteiger partial charge in [-0.05, 0) is 69.4 Å². The number of hydrogen-bond acceptors (Lipinski definition) is 5. The van der Waals surface area contributed by atoms with E-state index < -0.39 is 0 Å². The Balaban J connectivity index is 1.66. The van der Waals surface area contributed by atoms with E-state index in [1.54, 1.807) is 0 Å². The summed E-state index contributed by atoms with van der Waals surface area (Å²) in [5.74, 6) is 0.851. The van der Waals surface area contributed by atoms with E-state index in [1.165, 1.54) is 44.5 Å². The highest BCUT2D eigenvalue weighted by Gasteiger charge is 2.36. The molecule has 2 fully saturated rings. The molecule has 0 amide bonds. The molecule has 144 valence electrons. The normalized spacial score (nSPS) is 20.2. The van der Waals surface area contributed by atoms with E-state index in [9.17, 15) is 4.79 Å². The molecule has 5 nitrogen and oxygen atoms in total. The number of ether oxygens (including phenoxy) is 1. The number of aldehydes is 1. The van der Waals surface area contributed by atoms with Gasteiger partial charge in [-0.3, -0.25) is 0 Å². The first-order chi connectivity index (χ1) is 12.5. The Labute approximate surface area is 157 Å². The number of nitrogens with zero attached hydrogens (tertiary/aromatic N) is 3. The third-order valence-corrected chi connectivity index (χ3v) is 6.15. The highest BCUT2D eigenvalue weighted by atomic mass is 16.5. The van der Waals surface area contributed by atoms with Crippen molar-refractivity contribution in [2.45, 2.75) is 32.1 Å². The summed E-state index contributed by atoms with van der Waals surface area (Å²) >= 11 is 0. The average Bonchev–Trinajstić information content (AvgIpc) is 2.65. The second kappa shape index (κ2) is 8.30. The molecule has 3 rings (SSSR count). The lowest BCUT2D eigenvalue weighted by atomic mass is 9.71. The van der Waals surface area contributed by atoms with Crippen LogP contribution in [-0.2, 0) is 4.79 Å². The lowest BCUT2D eigenvalue weighted by molar-refractivity contribution is -0.108. The minimum atomic E-state index is 0.429. The van der Waals surface area contributed by atoms with Crippen molar-refractivity contribution in [3.63, 3.8) is 0 Å². The van der Waals surface area contributed by atoms with Gasteiger partial charge in [0.25, 0.3) is 0 Å². The summed E-state index contributed by atoms with van der Waals surface area (Å²) in [6.45, 7) is 5.21. The predicted molar refractivity (Wildman–Crippen MR) is 108 cm³/mol. The van der Waals surface area contributed by atoms with Crippen molar-refractivity contribution in [3.05, 3.63) is 18.2 Å². The van der Waals surface area contributed by atoms with Gasteiger partial charge in [0.15, 0.2) is 0 Å². The minimum absolute atomic E-state index is 0.429. The van der Waals surface area contributed by atoms with Gasteiger partial charge in [0, 0.05) is 39.3 Å². The summed E-state index contributed by atoms with van der Waals surface area (Å²) in [7, 11) is 6.31. The number of benzene rings is 1. The monoisotopic (exact) mass is 359 g/mol. The van der Waals surface area contributed by atoms with Gasteiger partial charge in [-0.25, -0.2) is 0 Å². The number of carbonyl (C=O) groups is 1. The van der Waals surface area contributed by atoms with Gasteiger partial charge >= 0.3 is 0 Å². The Bertz CT molecular complexity index is 599. The predicted octanol–water partition coefficient (Wildman–Crippen LogP) is 3.03. The van der Waals surface area contributed by atoms with Gasteiger partial charge in [-0.2, -0.15) is 0 Å². The van der Waals surface area contributed by atoms with Crippen LogP contribution in [0.4, 0.5) is 11.4 Å². The van der Waals surface area contributed by atoms with Gasteiger partial charge < -0.3 is 24.2 Å². The molecule has 26 heavy (non-hydrogen) atoms. The molecule has 1 spiro atoms.